The van der Waals surface area contributed by atoms with Gasteiger partial charge in [0.25, 0.3) is 0 Å². The van der Waals surface area contributed by atoms with Crippen LogP contribution in [-0.2, 0) is 0 Å². The number of nitrogens with one attached hydrogen (secondary N) is 1. The van der Waals surface area contributed by atoms with E-state index >= 15 is 0 Å². The van der Waals surface area contributed by atoms with E-state index in [1.165, 1.54) is 0 Å². The highest BCUT2D eigenvalue weighted by atomic mass is 14.8. The molecule has 0 unspecified atom stereocenters. The topological polar surface area (TPSA) is 53.0 Å². The Labute approximate surface area is 86.6 Å². The molecule has 3 N–H and O–H groups in total. The van der Waals surface area contributed by atoms with Crippen molar-refractivity contribution in [1.82, 2.24) is 4.98 Å². The molecule has 0 amide bonds. The van der Waals surface area contributed by atoms with Gasteiger partial charge in [0.05, 0.1) is 0 Å². The lowest BCUT2D eigenvalue weighted by atomic mass is 10.1. The molecule has 0 aliphatic heterocycles. The van der Waals surface area contributed by atoms with Gasteiger partial charge in [-0.15, -0.1) is 0 Å². The highest BCUT2D eigenvalue weighted by Crippen LogP contribution is 2.20. The van der Waals surface area contributed by atoms with Crippen LogP contribution in [0.2, 0.25) is 0 Å². The van der Waals surface area contributed by atoms with Gasteiger partial charge in [-0.3, -0.25) is 0 Å². The molecule has 72 valence electrons. The summed E-state index contributed by atoms with van der Waals surface area (Å²) in [6.07, 6.45) is 1.90. The normalized spacial score (nSPS) is 10.9. The molecule has 0 aliphatic rings. The molecule has 0 saturated carbocycles. The Morgan fingerprint density at radius 1 is 1.00 bits per heavy atom. The van der Waals surface area contributed by atoms with Crippen molar-refractivity contribution in [3.05, 3.63) is 42.6 Å². The smallest absolute Gasteiger partial charge is 0.237 e. The molecule has 2 aromatic heterocycles. The van der Waals surface area contributed by atoms with Gasteiger partial charge in [-0.05, 0) is 24.3 Å². The second-order valence-corrected chi connectivity index (χ2v) is 3.51. The van der Waals surface area contributed by atoms with E-state index in [-0.39, 0.29) is 0 Å². The van der Waals surface area contributed by atoms with Gasteiger partial charge in [0.15, 0.2) is 6.20 Å². The summed E-state index contributed by atoms with van der Waals surface area (Å²) >= 11 is 0. The van der Waals surface area contributed by atoms with Crippen LogP contribution in [-0.4, -0.2) is 4.98 Å². The van der Waals surface area contributed by atoms with E-state index in [2.05, 4.69) is 28.2 Å². The number of nitrogen functional groups attached to an aromatic ring is 1. The fraction of sp³-hybridized carbons (Fsp3) is 0. The lowest BCUT2D eigenvalue weighted by molar-refractivity contribution is -0.343. The van der Waals surface area contributed by atoms with Crippen LogP contribution in [0.1, 0.15) is 0 Å². The van der Waals surface area contributed by atoms with Crippen molar-refractivity contribution in [1.29, 1.82) is 0 Å². The second-order valence-electron chi connectivity index (χ2n) is 3.51. The van der Waals surface area contributed by atoms with E-state index in [1.54, 1.807) is 0 Å². The number of hydrogen-bond acceptors (Lipinski definition) is 2. The Kier molecular flexibility index (Phi) is 1.59. The number of nitrogens with zero attached hydrogens (tertiary/aromatic N) is 1. The van der Waals surface area contributed by atoms with Crippen molar-refractivity contribution >= 4 is 27.6 Å². The summed E-state index contributed by atoms with van der Waals surface area (Å²) in [6, 6.07) is 12.0. The minimum atomic E-state index is 0.548. The van der Waals surface area contributed by atoms with Gasteiger partial charge in [0.1, 0.15) is 11.3 Å². The third kappa shape index (κ3) is 1.21. The molecule has 3 nitrogen and oxygen atoms in total. The number of nitrogens with two attached hydrogens (primary N) is 1. The molecule has 0 aliphatic carbocycles. The average Bonchev–Trinajstić information content (AvgIpc) is 2.29. The number of fused-ring (bicyclic) bond motifs is 3. The zero-order chi connectivity index (χ0) is 10.3. The van der Waals surface area contributed by atoms with Crippen LogP contribution in [0.3, 0.4) is 0 Å². The predicted octanol–water partition coefficient (Wildman–Crippen LogP) is 1.78. The highest BCUT2D eigenvalue weighted by molar-refractivity contribution is 6.01. The van der Waals surface area contributed by atoms with Crippen molar-refractivity contribution < 1.29 is 4.98 Å². The van der Waals surface area contributed by atoms with E-state index in [9.17, 15) is 0 Å². The monoisotopic (exact) mass is 196 g/mol. The molecule has 0 fully saturated rings. The van der Waals surface area contributed by atoms with Gasteiger partial charge in [0.2, 0.25) is 5.52 Å². The molecule has 3 rings (SSSR count). The molecule has 0 bridgehead atoms. The molecule has 3 heteroatoms. The van der Waals surface area contributed by atoms with Crippen LogP contribution in [0.15, 0.2) is 42.6 Å². The first-order chi connectivity index (χ1) is 7.34. The highest BCUT2D eigenvalue weighted by Gasteiger charge is 2.06. The Hall–Kier alpha value is -2.16. The number of hydrogen-bond donors (Lipinski definition) is 1. The first-order valence-corrected chi connectivity index (χ1v) is 4.80. The van der Waals surface area contributed by atoms with Crippen LogP contribution in [0, 0.1) is 0 Å². The first kappa shape index (κ1) is 8.17. The van der Waals surface area contributed by atoms with Crippen molar-refractivity contribution in [2.24, 2.45) is 0 Å². The summed E-state index contributed by atoms with van der Waals surface area (Å²) in [7, 11) is 0. The van der Waals surface area contributed by atoms with E-state index < -0.39 is 0 Å². The summed E-state index contributed by atoms with van der Waals surface area (Å²) < 4.78 is 0. The molecule has 2 heterocycles. The fourth-order valence-corrected chi connectivity index (χ4v) is 1.79. The number of pyridine rings is 2. The summed E-state index contributed by atoms with van der Waals surface area (Å²) in [5.74, 6) is 0.548. The fourth-order valence-electron chi connectivity index (χ4n) is 1.79. The van der Waals surface area contributed by atoms with Crippen molar-refractivity contribution in [3.8, 4) is 0 Å². The minimum Gasteiger partial charge on any atom is -0.384 e. The van der Waals surface area contributed by atoms with Crippen LogP contribution < -0.4 is 10.7 Å². The number of rotatable bonds is 0. The zero-order valence-corrected chi connectivity index (χ0v) is 8.07. The minimum absolute atomic E-state index is 0.548. The van der Waals surface area contributed by atoms with Gasteiger partial charge in [-0.25, -0.2) is 9.97 Å². The molecule has 0 radical (unpaired) electrons. The third-order valence-corrected chi connectivity index (χ3v) is 2.52. The summed E-state index contributed by atoms with van der Waals surface area (Å²) in [5.41, 5.74) is 7.64. The number of anilines is 1. The van der Waals surface area contributed by atoms with Crippen molar-refractivity contribution in [2.45, 2.75) is 0 Å². The quantitative estimate of drug-likeness (QED) is 0.557. The Bertz CT molecular complexity index is 646. The third-order valence-electron chi connectivity index (χ3n) is 2.52. The maximum absolute atomic E-state index is 5.69. The van der Waals surface area contributed by atoms with Crippen molar-refractivity contribution in [2.75, 3.05) is 5.73 Å². The van der Waals surface area contributed by atoms with E-state index in [4.69, 9.17) is 5.73 Å². The molecule has 0 saturated heterocycles. The molecule has 0 spiro atoms. The number of aromatic nitrogens is 2. The lowest BCUT2D eigenvalue weighted by Crippen LogP contribution is -2.03. The molecule has 0 atom stereocenters. The Balaban J connectivity index is 2.57. The Morgan fingerprint density at radius 3 is 2.73 bits per heavy atom. The molecule has 1 aromatic carbocycles. The largest absolute Gasteiger partial charge is 0.384 e. The maximum Gasteiger partial charge on any atom is 0.237 e. The second kappa shape index (κ2) is 2.92. The SMILES string of the molecule is Nc1ccc2ccc3ccc[nH+]c3c2n1. The van der Waals surface area contributed by atoms with Crippen LogP contribution >= 0.6 is 0 Å². The number of H-pyrrole nitrogens is 1. The van der Waals surface area contributed by atoms with Crippen molar-refractivity contribution in [3.63, 3.8) is 0 Å². The van der Waals surface area contributed by atoms with Gasteiger partial charge >= 0.3 is 0 Å². The summed E-state index contributed by atoms with van der Waals surface area (Å²) in [4.78, 5) is 7.55. The van der Waals surface area contributed by atoms with Crippen LogP contribution in [0.4, 0.5) is 5.82 Å². The van der Waals surface area contributed by atoms with Gasteiger partial charge in [-0.1, -0.05) is 6.07 Å². The van der Waals surface area contributed by atoms with Crippen LogP contribution in [0.5, 0.6) is 0 Å². The average molecular weight is 196 g/mol. The lowest BCUT2D eigenvalue weighted by Gasteiger charge is -1.98. The summed E-state index contributed by atoms with van der Waals surface area (Å²) in [6.45, 7) is 0. The number of aromatic amines is 1. The zero-order valence-electron chi connectivity index (χ0n) is 8.07. The first-order valence-electron chi connectivity index (χ1n) is 4.80. The Morgan fingerprint density at radius 2 is 1.80 bits per heavy atom. The van der Waals surface area contributed by atoms with Gasteiger partial charge in [-0.2, -0.15) is 0 Å². The summed E-state index contributed by atoms with van der Waals surface area (Å²) in [5, 5.41) is 2.24. The molecular weight excluding hydrogens is 186 g/mol. The van der Waals surface area contributed by atoms with Gasteiger partial charge in [0, 0.05) is 16.8 Å². The molecule has 3 aromatic rings. The molecule has 15 heavy (non-hydrogen) atoms. The standard InChI is InChI=1S/C12H9N3/c13-10-6-5-9-4-3-8-2-1-7-14-11(8)12(9)15-10/h1-7H,(H2,13,15)/p+1. The predicted molar refractivity (Wildman–Crippen MR) is 60.2 cm³/mol. The van der Waals surface area contributed by atoms with E-state index in [0.29, 0.717) is 5.82 Å². The maximum atomic E-state index is 5.69. The van der Waals surface area contributed by atoms with Crippen LogP contribution in [0.25, 0.3) is 21.8 Å². The molecular formula is C12H10N3+. The van der Waals surface area contributed by atoms with E-state index in [1.807, 2.05) is 24.4 Å². The van der Waals surface area contributed by atoms with Gasteiger partial charge < -0.3 is 5.73 Å². The van der Waals surface area contributed by atoms with E-state index in [0.717, 1.165) is 21.8 Å². The number of benzene rings is 1.